The number of nitrogens with zero attached hydrogens (tertiary/aromatic N) is 3. The van der Waals surface area contributed by atoms with Crippen LogP contribution in [0.5, 0.6) is 0 Å². The molecule has 9 heteroatoms. The molecule has 1 saturated heterocycles. The number of nitriles is 1. The van der Waals surface area contributed by atoms with E-state index in [1.165, 1.54) is 0 Å². The fourth-order valence-corrected chi connectivity index (χ4v) is 5.61. The third kappa shape index (κ3) is 5.54. The molecule has 37 heavy (non-hydrogen) atoms. The fourth-order valence-electron chi connectivity index (χ4n) is 4.80. The topological polar surface area (TPSA) is 115 Å². The summed E-state index contributed by atoms with van der Waals surface area (Å²) in [7, 11) is 0. The molecule has 2 heterocycles. The minimum atomic E-state index is -1.02. The van der Waals surface area contributed by atoms with E-state index in [4.69, 9.17) is 0 Å². The van der Waals surface area contributed by atoms with E-state index < -0.39 is 28.8 Å². The number of thiazole rings is 1. The van der Waals surface area contributed by atoms with E-state index in [1.807, 2.05) is 64.4 Å². The Labute approximate surface area is 222 Å². The van der Waals surface area contributed by atoms with Gasteiger partial charge in [0.1, 0.15) is 17.5 Å². The Kier molecular flexibility index (Phi) is 7.43. The predicted octanol–water partition coefficient (Wildman–Crippen LogP) is 4.12. The van der Waals surface area contributed by atoms with Gasteiger partial charge in [-0.2, -0.15) is 5.26 Å². The van der Waals surface area contributed by atoms with Crippen molar-refractivity contribution in [3.8, 4) is 16.5 Å². The Morgan fingerprint density at radius 2 is 1.86 bits per heavy atom. The summed E-state index contributed by atoms with van der Waals surface area (Å²) in [6.45, 7) is 10.0. The number of aryl methyl sites for hydroxylation is 1. The van der Waals surface area contributed by atoms with Gasteiger partial charge in [0, 0.05) is 6.54 Å². The van der Waals surface area contributed by atoms with Gasteiger partial charge in [0.05, 0.1) is 28.2 Å². The Morgan fingerprint density at radius 1 is 1.19 bits per heavy atom. The number of hydrogen-bond acceptors (Lipinski definition) is 6. The zero-order chi connectivity index (χ0) is 27.0. The van der Waals surface area contributed by atoms with Crippen LogP contribution in [-0.4, -0.2) is 46.2 Å². The third-order valence-corrected chi connectivity index (χ3v) is 8.38. The summed E-state index contributed by atoms with van der Waals surface area (Å²) in [6.07, 6.45) is 2.31. The molecular weight excluding hydrogens is 486 g/mol. The highest BCUT2D eigenvalue weighted by atomic mass is 32.1. The molecule has 2 N–H and O–H groups in total. The fraction of sp³-hybridized carbons (Fsp3) is 0.536. The maximum Gasteiger partial charge on any atom is 0.246 e. The van der Waals surface area contributed by atoms with Gasteiger partial charge in [0.15, 0.2) is 0 Å². The molecule has 1 aliphatic heterocycles. The summed E-state index contributed by atoms with van der Waals surface area (Å²) >= 11 is 1.60. The summed E-state index contributed by atoms with van der Waals surface area (Å²) in [6, 6.07) is 8.53. The van der Waals surface area contributed by atoms with Crippen LogP contribution in [0.1, 0.15) is 70.7 Å². The normalized spacial score (nSPS) is 20.0. The lowest BCUT2D eigenvalue weighted by atomic mass is 9.85. The van der Waals surface area contributed by atoms with Crippen LogP contribution < -0.4 is 10.6 Å². The Hall–Kier alpha value is -3.25. The number of rotatable bonds is 7. The summed E-state index contributed by atoms with van der Waals surface area (Å²) in [5, 5.41) is 15.3. The largest absolute Gasteiger partial charge is 0.348 e. The van der Waals surface area contributed by atoms with Gasteiger partial charge in [0.25, 0.3) is 0 Å². The molecule has 2 aliphatic rings. The summed E-state index contributed by atoms with van der Waals surface area (Å²) < 4.78 is 0. The van der Waals surface area contributed by atoms with Gasteiger partial charge < -0.3 is 15.5 Å². The van der Waals surface area contributed by atoms with Crippen molar-refractivity contribution in [2.75, 3.05) is 6.54 Å². The smallest absolute Gasteiger partial charge is 0.246 e. The van der Waals surface area contributed by atoms with Gasteiger partial charge in [0.2, 0.25) is 17.7 Å². The molecule has 3 atom stereocenters. The summed E-state index contributed by atoms with van der Waals surface area (Å²) in [4.78, 5) is 46.8. The van der Waals surface area contributed by atoms with E-state index in [0.717, 1.165) is 21.7 Å². The van der Waals surface area contributed by atoms with E-state index in [9.17, 15) is 19.6 Å². The number of carbonyl (C=O) groups excluding carboxylic acids is 3. The van der Waals surface area contributed by atoms with E-state index >= 15 is 0 Å². The average molecular weight is 522 g/mol. The first-order chi connectivity index (χ1) is 17.5. The standard InChI is InChI=1S/C28H35N5O3S/c1-17(19-8-10-20(11-9-19)22-18(2)30-16-37-22)31-24(34)21-7-6-14-33(21)25(35)23(27(3,4)5)32-26(36)28(15-29)12-13-28/h8-11,16-17,21,23H,6-7,12-14H2,1-5H3,(H,31,34)(H,32,36). The highest BCUT2D eigenvalue weighted by molar-refractivity contribution is 7.13. The van der Waals surface area contributed by atoms with Gasteiger partial charge in [-0.25, -0.2) is 4.98 Å². The first-order valence-electron chi connectivity index (χ1n) is 12.8. The van der Waals surface area contributed by atoms with Gasteiger partial charge in [-0.3, -0.25) is 14.4 Å². The molecule has 2 aromatic rings. The number of aromatic nitrogens is 1. The third-order valence-electron chi connectivity index (χ3n) is 7.40. The first-order valence-corrected chi connectivity index (χ1v) is 13.7. The molecule has 1 saturated carbocycles. The molecule has 4 rings (SSSR count). The molecule has 0 spiro atoms. The van der Waals surface area contributed by atoms with Crippen LogP contribution in [0, 0.1) is 29.1 Å². The van der Waals surface area contributed by atoms with Crippen LogP contribution in [0.15, 0.2) is 29.8 Å². The Balaban J connectivity index is 1.43. The van der Waals surface area contributed by atoms with Crippen molar-refractivity contribution in [3.63, 3.8) is 0 Å². The zero-order valence-electron chi connectivity index (χ0n) is 22.1. The average Bonchev–Trinajstić information content (AvgIpc) is 3.29. The van der Waals surface area contributed by atoms with Crippen molar-refractivity contribution in [2.45, 2.75) is 78.4 Å². The van der Waals surface area contributed by atoms with E-state index in [1.54, 1.807) is 16.2 Å². The molecule has 1 aromatic carbocycles. The second-order valence-corrected chi connectivity index (χ2v) is 12.1. The Bertz CT molecular complexity index is 1220. The van der Waals surface area contributed by atoms with Gasteiger partial charge in [-0.15, -0.1) is 11.3 Å². The molecule has 3 unspecified atom stereocenters. The lowest BCUT2D eigenvalue weighted by Gasteiger charge is -2.36. The van der Waals surface area contributed by atoms with Gasteiger partial charge in [-0.05, 0) is 56.1 Å². The highest BCUT2D eigenvalue weighted by Gasteiger charge is 2.53. The van der Waals surface area contributed by atoms with Crippen LogP contribution >= 0.6 is 11.3 Å². The van der Waals surface area contributed by atoms with E-state index in [-0.39, 0.29) is 17.9 Å². The minimum Gasteiger partial charge on any atom is -0.348 e. The van der Waals surface area contributed by atoms with Crippen LogP contribution in [0.2, 0.25) is 0 Å². The van der Waals surface area contributed by atoms with Crippen molar-refractivity contribution >= 4 is 29.1 Å². The highest BCUT2D eigenvalue weighted by Crippen LogP contribution is 2.45. The van der Waals surface area contributed by atoms with Gasteiger partial charge in [-0.1, -0.05) is 45.0 Å². The second-order valence-electron chi connectivity index (χ2n) is 11.3. The number of benzene rings is 1. The van der Waals surface area contributed by atoms with Crippen LogP contribution in [0.3, 0.4) is 0 Å². The Morgan fingerprint density at radius 3 is 2.41 bits per heavy atom. The lowest BCUT2D eigenvalue weighted by Crippen LogP contribution is -2.58. The quantitative estimate of drug-likeness (QED) is 0.569. The van der Waals surface area contributed by atoms with E-state index in [0.29, 0.717) is 32.2 Å². The number of nitrogens with one attached hydrogen (secondary N) is 2. The van der Waals surface area contributed by atoms with Crippen LogP contribution in [0.4, 0.5) is 0 Å². The lowest BCUT2D eigenvalue weighted by molar-refractivity contribution is -0.144. The van der Waals surface area contributed by atoms with Gasteiger partial charge >= 0.3 is 0 Å². The number of amides is 3. The van der Waals surface area contributed by atoms with Crippen molar-refractivity contribution in [3.05, 3.63) is 41.0 Å². The number of carbonyl (C=O) groups is 3. The van der Waals surface area contributed by atoms with Crippen molar-refractivity contribution in [1.82, 2.24) is 20.5 Å². The van der Waals surface area contributed by atoms with Crippen LogP contribution in [0.25, 0.3) is 10.4 Å². The monoisotopic (exact) mass is 521 g/mol. The molecule has 8 nitrogen and oxygen atoms in total. The van der Waals surface area contributed by atoms with Crippen molar-refractivity contribution < 1.29 is 14.4 Å². The van der Waals surface area contributed by atoms with Crippen molar-refractivity contribution in [1.29, 1.82) is 5.26 Å². The molecule has 0 radical (unpaired) electrons. The zero-order valence-corrected chi connectivity index (χ0v) is 22.9. The maximum atomic E-state index is 13.7. The number of likely N-dealkylation sites (tertiary alicyclic amines) is 1. The van der Waals surface area contributed by atoms with Crippen molar-refractivity contribution in [2.24, 2.45) is 10.8 Å². The second kappa shape index (κ2) is 10.3. The molecule has 3 amide bonds. The SMILES string of the molecule is Cc1ncsc1-c1ccc(C(C)NC(=O)C2CCCN2C(=O)C(NC(=O)C2(C#N)CC2)C(C)(C)C)cc1. The summed E-state index contributed by atoms with van der Waals surface area (Å²) in [5.41, 5.74) is 3.30. The molecule has 1 aliphatic carbocycles. The minimum absolute atomic E-state index is 0.199. The molecule has 196 valence electrons. The summed E-state index contributed by atoms with van der Waals surface area (Å²) in [5.74, 6) is -0.867. The molecular formula is C28H35N5O3S. The number of hydrogen-bond donors (Lipinski definition) is 2. The van der Waals surface area contributed by atoms with Crippen LogP contribution in [-0.2, 0) is 14.4 Å². The molecule has 1 aromatic heterocycles. The first kappa shape index (κ1) is 26.8. The van der Waals surface area contributed by atoms with E-state index in [2.05, 4.69) is 21.7 Å². The maximum absolute atomic E-state index is 13.7. The molecule has 0 bridgehead atoms. The predicted molar refractivity (Wildman–Crippen MR) is 142 cm³/mol. The molecule has 2 fully saturated rings.